The minimum Gasteiger partial charge on any atom is -0.348 e. The highest BCUT2D eigenvalue weighted by Crippen LogP contribution is 2.14. The Morgan fingerprint density at radius 1 is 1.42 bits per heavy atom. The lowest BCUT2D eigenvalue weighted by Gasteiger charge is -2.00. The van der Waals surface area contributed by atoms with Crippen molar-refractivity contribution < 1.29 is 0 Å². The second kappa shape index (κ2) is 2.48. The maximum Gasteiger partial charge on any atom is 0.202 e. The predicted octanol–water partition coefficient (Wildman–Crippen LogP) is 0.621. The van der Waals surface area contributed by atoms with Crippen molar-refractivity contribution in [3.63, 3.8) is 0 Å². The van der Waals surface area contributed by atoms with Crippen LogP contribution in [-0.4, -0.2) is 19.3 Å². The first-order chi connectivity index (χ1) is 5.79. The lowest BCUT2D eigenvalue weighted by molar-refractivity contribution is 0.869. The Kier molecular flexibility index (Phi) is 1.46. The van der Waals surface area contributed by atoms with Gasteiger partial charge in [0.25, 0.3) is 0 Å². The van der Waals surface area contributed by atoms with Crippen LogP contribution in [0.2, 0.25) is 0 Å². The van der Waals surface area contributed by atoms with E-state index in [0.29, 0.717) is 0 Å². The summed E-state index contributed by atoms with van der Waals surface area (Å²) in [4.78, 5) is 0. The average Bonchev–Trinajstić information content (AvgIpc) is 2.59. The van der Waals surface area contributed by atoms with Crippen molar-refractivity contribution in [3.05, 3.63) is 24.7 Å². The third-order valence-electron chi connectivity index (χ3n) is 1.83. The summed E-state index contributed by atoms with van der Waals surface area (Å²) in [6.45, 7) is 0. The topological polar surface area (TPSA) is 35.6 Å². The van der Waals surface area contributed by atoms with Crippen LogP contribution in [-0.2, 0) is 14.1 Å². The summed E-state index contributed by atoms with van der Waals surface area (Å²) in [6.07, 6.45) is 4.70. The van der Waals surface area contributed by atoms with Crippen molar-refractivity contribution >= 4 is 0 Å². The first-order valence-electron chi connectivity index (χ1n) is 3.68. The van der Waals surface area contributed by atoms with E-state index in [4.69, 9.17) is 0 Å². The molecule has 4 heteroatoms. The summed E-state index contributed by atoms with van der Waals surface area (Å²) in [5.41, 5.74) is 1.05. The Hall–Kier alpha value is -1.58. The zero-order valence-electron chi connectivity index (χ0n) is 7.02. The van der Waals surface area contributed by atoms with Crippen molar-refractivity contribution in [2.45, 2.75) is 0 Å². The molecule has 4 nitrogen and oxygen atoms in total. The van der Waals surface area contributed by atoms with Crippen molar-refractivity contribution in [1.82, 2.24) is 19.3 Å². The summed E-state index contributed by atoms with van der Waals surface area (Å²) in [6, 6.07) is 3.97. The molecule has 0 saturated heterocycles. The first kappa shape index (κ1) is 7.09. The molecule has 0 fully saturated rings. The molecule has 0 unspecified atom stereocenters. The molecule has 0 aromatic carbocycles. The fourth-order valence-corrected chi connectivity index (χ4v) is 1.17. The lowest BCUT2D eigenvalue weighted by Crippen LogP contribution is -1.96. The van der Waals surface area contributed by atoms with Crippen LogP contribution in [0.1, 0.15) is 0 Å². The SMILES string of the molecule is Cn1[c]nnc1-c1cccn1C. The second-order valence-electron chi connectivity index (χ2n) is 2.69. The Morgan fingerprint density at radius 3 is 2.75 bits per heavy atom. The van der Waals surface area contributed by atoms with Crippen molar-refractivity contribution in [1.29, 1.82) is 0 Å². The molecule has 0 aliphatic carbocycles. The molecular weight excluding hydrogens is 152 g/mol. The van der Waals surface area contributed by atoms with Crippen LogP contribution in [0.3, 0.4) is 0 Å². The van der Waals surface area contributed by atoms with Crippen molar-refractivity contribution in [2.24, 2.45) is 14.1 Å². The van der Waals surface area contributed by atoms with Gasteiger partial charge < -0.3 is 9.13 Å². The Morgan fingerprint density at radius 2 is 2.25 bits per heavy atom. The Labute approximate surface area is 70.5 Å². The van der Waals surface area contributed by atoms with Crippen LogP contribution in [0.5, 0.6) is 0 Å². The van der Waals surface area contributed by atoms with E-state index in [1.165, 1.54) is 0 Å². The number of nitrogens with zero attached hydrogens (tertiary/aromatic N) is 4. The van der Waals surface area contributed by atoms with E-state index in [-0.39, 0.29) is 0 Å². The molecular formula is C8H9N4. The van der Waals surface area contributed by atoms with Gasteiger partial charge in [0.15, 0.2) is 5.82 Å². The number of hydrogen-bond acceptors (Lipinski definition) is 2. The highest BCUT2D eigenvalue weighted by Gasteiger charge is 2.06. The van der Waals surface area contributed by atoms with Crippen LogP contribution < -0.4 is 0 Å². The van der Waals surface area contributed by atoms with Gasteiger partial charge in [-0.3, -0.25) is 0 Å². The minimum atomic E-state index is 0.836. The van der Waals surface area contributed by atoms with Crippen LogP contribution in [0.15, 0.2) is 18.3 Å². The molecule has 0 spiro atoms. The zero-order chi connectivity index (χ0) is 8.55. The monoisotopic (exact) mass is 161 g/mol. The lowest BCUT2D eigenvalue weighted by atomic mass is 10.4. The summed E-state index contributed by atoms with van der Waals surface area (Å²) in [5, 5.41) is 7.65. The highest BCUT2D eigenvalue weighted by atomic mass is 15.3. The summed E-state index contributed by atoms with van der Waals surface area (Å²) >= 11 is 0. The molecule has 2 rings (SSSR count). The average molecular weight is 161 g/mol. The molecule has 12 heavy (non-hydrogen) atoms. The molecule has 2 aromatic rings. The number of rotatable bonds is 1. The standard InChI is InChI=1S/C8H9N4/c1-11-5-3-4-7(11)8-10-9-6-12(8)2/h3-5H,1-2H3. The van der Waals surface area contributed by atoms with Gasteiger partial charge in [-0.05, 0) is 12.1 Å². The highest BCUT2D eigenvalue weighted by molar-refractivity contribution is 5.49. The smallest absolute Gasteiger partial charge is 0.202 e. The van der Waals surface area contributed by atoms with Gasteiger partial charge in [-0.1, -0.05) is 0 Å². The summed E-state index contributed by atoms with van der Waals surface area (Å²) in [7, 11) is 3.85. The molecule has 1 radical (unpaired) electrons. The van der Waals surface area contributed by atoms with E-state index in [1.807, 2.05) is 37.0 Å². The molecule has 0 bridgehead atoms. The van der Waals surface area contributed by atoms with Crippen LogP contribution in [0.4, 0.5) is 0 Å². The van der Waals surface area contributed by atoms with Crippen molar-refractivity contribution in [3.8, 4) is 11.5 Å². The van der Waals surface area contributed by atoms with Crippen molar-refractivity contribution in [2.75, 3.05) is 0 Å². The number of aryl methyl sites for hydroxylation is 2. The molecule has 0 saturated carbocycles. The third-order valence-corrected chi connectivity index (χ3v) is 1.83. The Bertz CT molecular complexity index is 347. The number of aromatic nitrogens is 4. The predicted molar refractivity (Wildman–Crippen MR) is 44.2 cm³/mol. The molecule has 0 aliphatic heterocycles. The van der Waals surface area contributed by atoms with Gasteiger partial charge in [0.2, 0.25) is 6.33 Å². The van der Waals surface area contributed by atoms with Gasteiger partial charge in [-0.25, -0.2) is 0 Å². The molecule has 2 aromatic heterocycles. The molecule has 61 valence electrons. The summed E-state index contributed by atoms with van der Waals surface area (Å²) in [5.74, 6) is 0.836. The second-order valence-corrected chi connectivity index (χ2v) is 2.69. The van der Waals surface area contributed by atoms with Crippen LogP contribution >= 0.6 is 0 Å². The van der Waals surface area contributed by atoms with Crippen LogP contribution in [0.25, 0.3) is 11.5 Å². The van der Waals surface area contributed by atoms with E-state index >= 15 is 0 Å². The maximum absolute atomic E-state index is 3.96. The fraction of sp³-hybridized carbons (Fsp3) is 0.250. The fourth-order valence-electron chi connectivity index (χ4n) is 1.17. The number of hydrogen-bond donors (Lipinski definition) is 0. The van der Waals surface area contributed by atoms with Gasteiger partial charge in [0.05, 0.1) is 5.69 Å². The van der Waals surface area contributed by atoms with E-state index in [1.54, 1.807) is 4.57 Å². The molecule has 0 N–H and O–H groups in total. The largest absolute Gasteiger partial charge is 0.348 e. The summed E-state index contributed by atoms with van der Waals surface area (Å²) < 4.78 is 3.77. The zero-order valence-corrected chi connectivity index (χ0v) is 7.02. The molecule has 2 heterocycles. The first-order valence-corrected chi connectivity index (χ1v) is 3.68. The van der Waals surface area contributed by atoms with Gasteiger partial charge in [0.1, 0.15) is 0 Å². The Balaban J connectivity index is 2.57. The van der Waals surface area contributed by atoms with E-state index in [2.05, 4.69) is 16.5 Å². The van der Waals surface area contributed by atoms with Gasteiger partial charge in [-0.15, -0.1) is 10.2 Å². The van der Waals surface area contributed by atoms with Crippen LogP contribution in [0, 0.1) is 6.33 Å². The van der Waals surface area contributed by atoms with E-state index < -0.39 is 0 Å². The van der Waals surface area contributed by atoms with Gasteiger partial charge in [-0.2, -0.15) is 0 Å². The minimum absolute atomic E-state index is 0.836. The normalized spacial score (nSPS) is 10.5. The third kappa shape index (κ3) is 0.922. The van der Waals surface area contributed by atoms with Gasteiger partial charge in [0, 0.05) is 20.3 Å². The maximum atomic E-state index is 3.96. The van der Waals surface area contributed by atoms with E-state index in [9.17, 15) is 0 Å². The molecule has 0 atom stereocenters. The molecule has 0 amide bonds. The van der Waals surface area contributed by atoms with Gasteiger partial charge >= 0.3 is 0 Å². The molecule has 0 aliphatic rings. The van der Waals surface area contributed by atoms with E-state index in [0.717, 1.165) is 11.5 Å². The quantitative estimate of drug-likeness (QED) is 0.614.